The lowest BCUT2D eigenvalue weighted by atomic mass is 10.0. The topological polar surface area (TPSA) is 8.17 Å². The average molecular weight is 407 g/mol. The second kappa shape index (κ2) is 7.45. The Kier molecular flexibility index (Phi) is 5.15. The first-order valence-electron chi connectivity index (χ1n) is 9.47. The highest BCUT2D eigenvalue weighted by Gasteiger charge is 2.29. The molecule has 2 aromatic carbocycles. The van der Waals surface area contributed by atoms with E-state index in [4.69, 9.17) is 11.6 Å². The molecular weight excluding hydrogens is 385 g/mol. The number of hydrogen-bond donors (Lipinski definition) is 0. The van der Waals surface area contributed by atoms with Crippen molar-refractivity contribution < 1.29 is 13.2 Å². The molecule has 0 radical (unpaired) electrons. The molecule has 6 heteroatoms. The van der Waals surface area contributed by atoms with Gasteiger partial charge in [-0.1, -0.05) is 23.7 Å². The van der Waals surface area contributed by atoms with Gasteiger partial charge in [-0.25, -0.2) is 0 Å². The smallest absolute Gasteiger partial charge is 0.344 e. The number of benzene rings is 2. The van der Waals surface area contributed by atoms with E-state index in [1.807, 2.05) is 12.1 Å². The SMILES string of the molecule is CN1CCc2c(c3cc(Cl)ccc3n2CCCc2ccc(C(F)(F)F)cc2)C1. The fourth-order valence-electron chi connectivity index (χ4n) is 4.11. The van der Waals surface area contributed by atoms with Crippen LogP contribution >= 0.6 is 11.6 Å². The van der Waals surface area contributed by atoms with Crippen LogP contribution in [0.5, 0.6) is 0 Å². The Balaban J connectivity index is 1.54. The predicted molar refractivity (Wildman–Crippen MR) is 107 cm³/mol. The summed E-state index contributed by atoms with van der Waals surface area (Å²) in [5.41, 5.74) is 4.24. The number of nitrogens with zero attached hydrogens (tertiary/aromatic N) is 2. The summed E-state index contributed by atoms with van der Waals surface area (Å²) in [6.07, 6.45) is -1.66. The molecule has 148 valence electrons. The molecule has 0 amide bonds. The zero-order chi connectivity index (χ0) is 19.9. The van der Waals surface area contributed by atoms with Crippen molar-refractivity contribution >= 4 is 22.5 Å². The molecule has 0 N–H and O–H groups in total. The summed E-state index contributed by atoms with van der Waals surface area (Å²) in [5, 5.41) is 1.95. The zero-order valence-corrected chi connectivity index (χ0v) is 16.4. The van der Waals surface area contributed by atoms with Crippen LogP contribution in [0.15, 0.2) is 42.5 Å². The van der Waals surface area contributed by atoms with Crippen molar-refractivity contribution in [1.29, 1.82) is 0 Å². The number of aryl methyl sites for hydroxylation is 2. The molecule has 0 aliphatic carbocycles. The van der Waals surface area contributed by atoms with Crippen molar-refractivity contribution in [3.63, 3.8) is 0 Å². The van der Waals surface area contributed by atoms with Crippen LogP contribution in [-0.4, -0.2) is 23.1 Å². The van der Waals surface area contributed by atoms with Gasteiger partial charge in [-0.15, -0.1) is 0 Å². The maximum absolute atomic E-state index is 12.7. The van der Waals surface area contributed by atoms with Crippen LogP contribution in [0.1, 0.15) is 28.8 Å². The highest BCUT2D eigenvalue weighted by Crippen LogP contribution is 2.33. The van der Waals surface area contributed by atoms with Gasteiger partial charge in [0.05, 0.1) is 5.56 Å². The molecule has 0 fully saturated rings. The lowest BCUT2D eigenvalue weighted by Crippen LogP contribution is -2.27. The van der Waals surface area contributed by atoms with Crippen LogP contribution in [0.25, 0.3) is 10.9 Å². The van der Waals surface area contributed by atoms with Crippen molar-refractivity contribution in [3.8, 4) is 0 Å². The van der Waals surface area contributed by atoms with Gasteiger partial charge in [-0.05, 0) is 61.3 Å². The van der Waals surface area contributed by atoms with Crippen molar-refractivity contribution in [2.75, 3.05) is 13.6 Å². The maximum Gasteiger partial charge on any atom is 0.416 e. The van der Waals surface area contributed by atoms with Gasteiger partial charge >= 0.3 is 6.18 Å². The quantitative estimate of drug-likeness (QED) is 0.521. The molecule has 0 saturated carbocycles. The molecule has 1 aliphatic heterocycles. The number of alkyl halides is 3. The Morgan fingerprint density at radius 2 is 1.82 bits per heavy atom. The average Bonchev–Trinajstić information content (AvgIpc) is 2.94. The molecule has 2 heterocycles. The number of likely N-dealkylation sites (N-methyl/N-ethyl adjacent to an activating group) is 1. The van der Waals surface area contributed by atoms with Crippen LogP contribution in [-0.2, 0) is 32.1 Å². The van der Waals surface area contributed by atoms with E-state index in [0.717, 1.165) is 49.5 Å². The molecule has 28 heavy (non-hydrogen) atoms. The van der Waals surface area contributed by atoms with Crippen LogP contribution < -0.4 is 0 Å². The first-order valence-corrected chi connectivity index (χ1v) is 9.85. The molecule has 3 aromatic rings. The van der Waals surface area contributed by atoms with Gasteiger partial charge in [0.25, 0.3) is 0 Å². The number of fused-ring (bicyclic) bond motifs is 3. The first kappa shape index (κ1) is 19.3. The third kappa shape index (κ3) is 3.78. The molecule has 0 unspecified atom stereocenters. The fourth-order valence-corrected chi connectivity index (χ4v) is 4.29. The summed E-state index contributed by atoms with van der Waals surface area (Å²) < 4.78 is 40.5. The number of halogens is 4. The van der Waals surface area contributed by atoms with Crippen LogP contribution in [0.3, 0.4) is 0 Å². The van der Waals surface area contributed by atoms with E-state index in [1.54, 1.807) is 12.1 Å². The summed E-state index contributed by atoms with van der Waals surface area (Å²) in [6.45, 7) is 2.78. The van der Waals surface area contributed by atoms with Crippen molar-refractivity contribution in [3.05, 3.63) is 69.9 Å². The second-order valence-electron chi connectivity index (χ2n) is 7.52. The minimum Gasteiger partial charge on any atom is -0.344 e. The van der Waals surface area contributed by atoms with E-state index in [-0.39, 0.29) is 0 Å². The molecule has 1 aliphatic rings. The third-order valence-electron chi connectivity index (χ3n) is 5.54. The molecule has 1 aromatic heterocycles. The molecular formula is C22H22ClF3N2. The highest BCUT2D eigenvalue weighted by molar-refractivity contribution is 6.31. The molecule has 0 spiro atoms. The van der Waals surface area contributed by atoms with Gasteiger partial charge < -0.3 is 9.47 Å². The lowest BCUT2D eigenvalue weighted by Gasteiger charge is -2.24. The summed E-state index contributed by atoms with van der Waals surface area (Å²) >= 11 is 6.23. The van der Waals surface area contributed by atoms with Gasteiger partial charge in [0.1, 0.15) is 0 Å². The van der Waals surface area contributed by atoms with E-state index in [1.165, 1.54) is 34.3 Å². The standard InChI is InChI=1S/C22H22ClF3N2/c1-27-12-10-21-19(14-27)18-13-17(23)8-9-20(18)28(21)11-2-3-15-4-6-16(7-5-15)22(24,25)26/h4-9,13H,2-3,10-12,14H2,1H3. The zero-order valence-electron chi connectivity index (χ0n) is 15.7. The van der Waals surface area contributed by atoms with E-state index in [9.17, 15) is 13.2 Å². The lowest BCUT2D eigenvalue weighted by molar-refractivity contribution is -0.137. The molecule has 0 atom stereocenters. The van der Waals surface area contributed by atoms with Crippen molar-refractivity contribution in [2.24, 2.45) is 0 Å². The summed E-state index contributed by atoms with van der Waals surface area (Å²) in [7, 11) is 2.13. The normalized spacial score (nSPS) is 15.2. The Hall–Kier alpha value is -1.98. The predicted octanol–water partition coefficient (Wildman–Crippen LogP) is 5.93. The van der Waals surface area contributed by atoms with E-state index in [0.29, 0.717) is 0 Å². The molecule has 4 rings (SSSR count). The van der Waals surface area contributed by atoms with Gasteiger partial charge in [-0.2, -0.15) is 13.2 Å². The minimum absolute atomic E-state index is 0.595. The monoisotopic (exact) mass is 406 g/mol. The van der Waals surface area contributed by atoms with E-state index < -0.39 is 11.7 Å². The van der Waals surface area contributed by atoms with Crippen molar-refractivity contribution in [2.45, 2.75) is 38.5 Å². The largest absolute Gasteiger partial charge is 0.416 e. The van der Waals surface area contributed by atoms with Gasteiger partial charge in [0, 0.05) is 47.7 Å². The summed E-state index contributed by atoms with van der Waals surface area (Å²) in [6, 6.07) is 11.5. The third-order valence-corrected chi connectivity index (χ3v) is 5.77. The fraction of sp³-hybridized carbons (Fsp3) is 0.364. The van der Waals surface area contributed by atoms with E-state index >= 15 is 0 Å². The van der Waals surface area contributed by atoms with E-state index in [2.05, 4.69) is 22.6 Å². The summed E-state index contributed by atoms with van der Waals surface area (Å²) in [4.78, 5) is 2.31. The number of rotatable bonds is 4. The number of aromatic nitrogens is 1. The van der Waals surface area contributed by atoms with Gasteiger partial charge in [0.15, 0.2) is 0 Å². The Morgan fingerprint density at radius 3 is 2.54 bits per heavy atom. The molecule has 0 saturated heterocycles. The highest BCUT2D eigenvalue weighted by atomic mass is 35.5. The molecule has 0 bridgehead atoms. The van der Waals surface area contributed by atoms with Crippen LogP contribution in [0.4, 0.5) is 13.2 Å². The Labute approximate surface area is 167 Å². The number of hydrogen-bond acceptors (Lipinski definition) is 1. The van der Waals surface area contributed by atoms with Gasteiger partial charge in [-0.3, -0.25) is 0 Å². The van der Waals surface area contributed by atoms with Crippen molar-refractivity contribution in [1.82, 2.24) is 9.47 Å². The Morgan fingerprint density at radius 1 is 1.07 bits per heavy atom. The summed E-state index contributed by atoms with van der Waals surface area (Å²) in [5.74, 6) is 0. The van der Waals surface area contributed by atoms with Crippen LogP contribution in [0.2, 0.25) is 5.02 Å². The maximum atomic E-state index is 12.7. The Bertz CT molecular complexity index is 990. The van der Waals surface area contributed by atoms with Gasteiger partial charge in [0.2, 0.25) is 0 Å². The molecule has 2 nitrogen and oxygen atoms in total. The van der Waals surface area contributed by atoms with Crippen LogP contribution in [0, 0.1) is 0 Å². The minimum atomic E-state index is -4.28. The second-order valence-corrected chi connectivity index (χ2v) is 7.96. The first-order chi connectivity index (χ1) is 13.3.